The molecule has 0 aliphatic carbocycles. The standard InChI is InChI=1S/C29H28Cl2N4O/c1-20-27(28(35-26(33-20)14-16-32-35)23-12-13-24(30)25(31)18-23)29(36)34(19-22-10-6-3-7-11-22)17-15-21-8-4-2-5-9-21/h2-14,18,28,32-33H,15-17,19H2,1H3. The summed E-state index contributed by atoms with van der Waals surface area (Å²) in [4.78, 5) is 16.3. The zero-order valence-corrected chi connectivity index (χ0v) is 21.6. The predicted molar refractivity (Wildman–Crippen MR) is 145 cm³/mol. The van der Waals surface area contributed by atoms with E-state index in [0.29, 0.717) is 35.3 Å². The van der Waals surface area contributed by atoms with E-state index in [1.807, 2.05) is 65.4 Å². The van der Waals surface area contributed by atoms with Gasteiger partial charge in [-0.25, -0.2) is 5.43 Å². The summed E-state index contributed by atoms with van der Waals surface area (Å²) in [6.45, 7) is 3.76. The van der Waals surface area contributed by atoms with Crippen LogP contribution in [0.25, 0.3) is 0 Å². The minimum Gasteiger partial charge on any atom is -0.344 e. The number of fused-ring (bicyclic) bond motifs is 1. The molecule has 1 unspecified atom stereocenters. The van der Waals surface area contributed by atoms with Crippen LogP contribution in [0, 0.1) is 0 Å². The molecule has 184 valence electrons. The number of amides is 1. The Kier molecular flexibility index (Phi) is 7.33. The molecule has 0 saturated carbocycles. The monoisotopic (exact) mass is 518 g/mol. The van der Waals surface area contributed by atoms with E-state index >= 15 is 0 Å². The van der Waals surface area contributed by atoms with Crippen LogP contribution in [0.2, 0.25) is 10.0 Å². The van der Waals surface area contributed by atoms with Crippen molar-refractivity contribution in [3.63, 3.8) is 0 Å². The van der Waals surface area contributed by atoms with Gasteiger partial charge in [0.2, 0.25) is 0 Å². The normalized spacial score (nSPS) is 16.9. The van der Waals surface area contributed by atoms with Gasteiger partial charge in [0.25, 0.3) is 5.91 Å². The molecule has 3 aromatic carbocycles. The number of hydrogen-bond acceptors (Lipinski definition) is 4. The number of carbonyl (C=O) groups excluding carboxylic acids is 1. The van der Waals surface area contributed by atoms with E-state index in [0.717, 1.165) is 29.1 Å². The van der Waals surface area contributed by atoms with Crippen molar-refractivity contribution in [1.82, 2.24) is 20.7 Å². The van der Waals surface area contributed by atoms with Crippen molar-refractivity contribution >= 4 is 29.1 Å². The zero-order valence-electron chi connectivity index (χ0n) is 20.0. The lowest BCUT2D eigenvalue weighted by Crippen LogP contribution is -2.48. The quantitative estimate of drug-likeness (QED) is 0.412. The third-order valence-corrected chi connectivity index (χ3v) is 7.31. The average Bonchev–Trinajstić information content (AvgIpc) is 3.36. The van der Waals surface area contributed by atoms with Crippen molar-refractivity contribution in [2.24, 2.45) is 0 Å². The molecular formula is C29H28Cl2N4O. The maximum atomic E-state index is 14.4. The van der Waals surface area contributed by atoms with Crippen LogP contribution < -0.4 is 10.7 Å². The minimum absolute atomic E-state index is 0.0105. The van der Waals surface area contributed by atoms with Crippen molar-refractivity contribution in [2.45, 2.75) is 25.9 Å². The van der Waals surface area contributed by atoms with E-state index in [-0.39, 0.29) is 11.9 Å². The fourth-order valence-corrected chi connectivity index (χ4v) is 5.08. The molecule has 0 saturated heterocycles. The third kappa shape index (κ3) is 5.14. The molecule has 1 atom stereocenters. The molecule has 7 heteroatoms. The lowest BCUT2D eigenvalue weighted by Gasteiger charge is -2.40. The molecule has 1 amide bonds. The van der Waals surface area contributed by atoms with Crippen LogP contribution >= 0.6 is 23.2 Å². The number of allylic oxidation sites excluding steroid dienone is 1. The average molecular weight is 519 g/mol. The number of hydrogen-bond donors (Lipinski definition) is 2. The summed E-state index contributed by atoms with van der Waals surface area (Å²) in [5.74, 6) is 0.919. The third-order valence-electron chi connectivity index (χ3n) is 6.57. The Hall–Kier alpha value is -3.25. The van der Waals surface area contributed by atoms with E-state index in [1.165, 1.54) is 5.56 Å². The molecule has 0 aromatic heterocycles. The molecule has 0 bridgehead atoms. The smallest absolute Gasteiger partial charge is 0.254 e. The highest BCUT2D eigenvalue weighted by Crippen LogP contribution is 2.39. The van der Waals surface area contributed by atoms with Crippen LogP contribution in [0.4, 0.5) is 0 Å². The van der Waals surface area contributed by atoms with Gasteiger partial charge in [-0.2, -0.15) is 0 Å². The molecule has 3 aromatic rings. The molecule has 2 aliphatic heterocycles. The van der Waals surface area contributed by atoms with Gasteiger partial charge >= 0.3 is 0 Å². The van der Waals surface area contributed by atoms with Gasteiger partial charge in [-0.05, 0) is 48.2 Å². The molecular weight excluding hydrogens is 491 g/mol. The predicted octanol–water partition coefficient (Wildman–Crippen LogP) is 5.84. The highest BCUT2D eigenvalue weighted by Gasteiger charge is 2.39. The molecule has 2 heterocycles. The highest BCUT2D eigenvalue weighted by molar-refractivity contribution is 6.42. The second kappa shape index (κ2) is 10.8. The largest absolute Gasteiger partial charge is 0.344 e. The summed E-state index contributed by atoms with van der Waals surface area (Å²) in [5.41, 5.74) is 8.09. The molecule has 0 spiro atoms. The van der Waals surface area contributed by atoms with Gasteiger partial charge in [0.1, 0.15) is 11.9 Å². The van der Waals surface area contributed by atoms with Crippen molar-refractivity contribution in [3.8, 4) is 0 Å². The summed E-state index contributed by atoms with van der Waals surface area (Å²) in [7, 11) is 0. The summed E-state index contributed by atoms with van der Waals surface area (Å²) in [6, 6.07) is 25.6. The highest BCUT2D eigenvalue weighted by atomic mass is 35.5. The number of nitrogens with zero attached hydrogens (tertiary/aromatic N) is 2. The van der Waals surface area contributed by atoms with Crippen LogP contribution in [-0.2, 0) is 17.8 Å². The van der Waals surface area contributed by atoms with Crippen molar-refractivity contribution in [3.05, 3.63) is 129 Å². The van der Waals surface area contributed by atoms with E-state index < -0.39 is 0 Å². The lowest BCUT2D eigenvalue weighted by atomic mass is 9.93. The molecule has 2 N–H and O–H groups in total. The summed E-state index contributed by atoms with van der Waals surface area (Å²) >= 11 is 12.6. The second-order valence-electron chi connectivity index (χ2n) is 9.01. The van der Waals surface area contributed by atoms with Gasteiger partial charge in [0.15, 0.2) is 0 Å². The number of carbonyl (C=O) groups is 1. The van der Waals surface area contributed by atoms with Crippen molar-refractivity contribution in [2.75, 3.05) is 13.1 Å². The number of rotatable bonds is 7. The Morgan fingerprint density at radius 1 is 0.972 bits per heavy atom. The van der Waals surface area contributed by atoms with Crippen LogP contribution in [0.15, 0.2) is 102 Å². The maximum absolute atomic E-state index is 14.4. The first-order chi connectivity index (χ1) is 17.5. The SMILES string of the molecule is CC1=C(C(=O)N(CCc2ccccc2)Cc2ccccc2)C(c2ccc(Cl)c(Cl)c2)N2NCC=C2N1. The number of benzene rings is 3. The fourth-order valence-electron chi connectivity index (χ4n) is 4.77. The summed E-state index contributed by atoms with van der Waals surface area (Å²) in [5, 5.41) is 6.39. The molecule has 5 nitrogen and oxygen atoms in total. The zero-order chi connectivity index (χ0) is 25.1. The summed E-state index contributed by atoms with van der Waals surface area (Å²) in [6.07, 6.45) is 2.84. The van der Waals surface area contributed by atoms with Crippen LogP contribution in [0.1, 0.15) is 29.7 Å². The Balaban J connectivity index is 1.52. The fraction of sp³-hybridized carbons (Fsp3) is 0.207. The second-order valence-corrected chi connectivity index (χ2v) is 9.82. The van der Waals surface area contributed by atoms with Crippen LogP contribution in [0.5, 0.6) is 0 Å². The first-order valence-corrected chi connectivity index (χ1v) is 12.8. The van der Waals surface area contributed by atoms with Gasteiger partial charge in [-0.15, -0.1) is 0 Å². The van der Waals surface area contributed by atoms with Gasteiger partial charge in [0.05, 0.1) is 15.6 Å². The van der Waals surface area contributed by atoms with Gasteiger partial charge in [-0.3, -0.25) is 9.80 Å². The molecule has 5 rings (SSSR count). The maximum Gasteiger partial charge on any atom is 0.254 e. The van der Waals surface area contributed by atoms with Gasteiger partial charge in [0, 0.05) is 25.3 Å². The number of nitrogens with one attached hydrogen (secondary N) is 2. The van der Waals surface area contributed by atoms with Crippen molar-refractivity contribution < 1.29 is 4.79 Å². The molecule has 0 fully saturated rings. The van der Waals surface area contributed by atoms with E-state index in [1.54, 1.807) is 6.07 Å². The van der Waals surface area contributed by atoms with Crippen molar-refractivity contribution in [1.29, 1.82) is 0 Å². The first-order valence-electron chi connectivity index (χ1n) is 12.0. The molecule has 36 heavy (non-hydrogen) atoms. The first kappa shape index (κ1) is 24.4. The van der Waals surface area contributed by atoms with E-state index in [9.17, 15) is 4.79 Å². The number of halogens is 2. The van der Waals surface area contributed by atoms with Gasteiger partial charge < -0.3 is 10.2 Å². The Labute approximate surface area is 222 Å². The number of hydrazine groups is 1. The minimum atomic E-state index is -0.350. The molecule has 0 radical (unpaired) electrons. The Morgan fingerprint density at radius 2 is 1.67 bits per heavy atom. The Bertz CT molecular complexity index is 1310. The summed E-state index contributed by atoms with van der Waals surface area (Å²) < 4.78 is 0. The topological polar surface area (TPSA) is 47.6 Å². The van der Waals surface area contributed by atoms with Gasteiger partial charge in [-0.1, -0.05) is 89.9 Å². The Morgan fingerprint density at radius 3 is 2.36 bits per heavy atom. The van der Waals surface area contributed by atoms with E-state index in [4.69, 9.17) is 23.2 Å². The lowest BCUT2D eigenvalue weighted by molar-refractivity contribution is -0.128. The van der Waals surface area contributed by atoms with E-state index in [2.05, 4.69) is 41.1 Å². The van der Waals surface area contributed by atoms with Crippen LogP contribution in [0.3, 0.4) is 0 Å². The molecule has 2 aliphatic rings. The van der Waals surface area contributed by atoms with Crippen LogP contribution in [-0.4, -0.2) is 28.9 Å².